The van der Waals surface area contributed by atoms with E-state index in [1.165, 1.54) is 12.8 Å². The maximum Gasteiger partial charge on any atom is 0.165 e. The third kappa shape index (κ3) is 3.47. The van der Waals surface area contributed by atoms with Gasteiger partial charge in [-0.2, -0.15) is 0 Å². The number of hydrogen-bond donors (Lipinski definition) is 1. The number of aromatic nitrogens is 4. The van der Waals surface area contributed by atoms with Crippen LogP contribution in [0.3, 0.4) is 0 Å². The van der Waals surface area contributed by atoms with Gasteiger partial charge in [0.25, 0.3) is 0 Å². The zero-order valence-corrected chi connectivity index (χ0v) is 10.6. The Hall–Kier alpha value is -1.01. The van der Waals surface area contributed by atoms with E-state index in [1.807, 2.05) is 4.68 Å². The minimum absolute atomic E-state index is 0.246. The van der Waals surface area contributed by atoms with Crippen LogP contribution in [0.15, 0.2) is 0 Å². The van der Waals surface area contributed by atoms with Crippen LogP contribution in [0.25, 0.3) is 0 Å². The second kappa shape index (κ2) is 6.07. The molecule has 1 unspecified atom stereocenters. The van der Waals surface area contributed by atoms with Crippen LogP contribution >= 0.6 is 0 Å². The maximum absolute atomic E-state index is 5.24. The highest BCUT2D eigenvalue weighted by atomic mass is 16.5. The molecule has 2 rings (SSSR count). The molecule has 0 amide bonds. The number of nitrogens with zero attached hydrogens (tertiary/aromatic N) is 4. The Balaban J connectivity index is 1.97. The highest BCUT2D eigenvalue weighted by Gasteiger charge is 2.22. The molecule has 6 heteroatoms. The molecule has 1 saturated carbocycles. The number of nitrogens with one attached hydrogen (secondary N) is 1. The molecule has 1 N–H and O–H groups in total. The monoisotopic (exact) mass is 239 g/mol. The molecule has 6 nitrogen and oxygen atoms in total. The van der Waals surface area contributed by atoms with Crippen molar-refractivity contribution in [2.24, 2.45) is 0 Å². The fraction of sp³-hybridized carbons (Fsp3) is 0.909. The van der Waals surface area contributed by atoms with Gasteiger partial charge >= 0.3 is 0 Å². The zero-order chi connectivity index (χ0) is 12.1. The maximum atomic E-state index is 5.24. The van der Waals surface area contributed by atoms with Gasteiger partial charge < -0.3 is 10.1 Å². The lowest BCUT2D eigenvalue weighted by atomic mass is 10.2. The molecule has 17 heavy (non-hydrogen) atoms. The van der Waals surface area contributed by atoms with Gasteiger partial charge in [0, 0.05) is 13.2 Å². The second-order valence-corrected chi connectivity index (χ2v) is 4.59. The molecule has 1 aromatic rings. The van der Waals surface area contributed by atoms with Crippen molar-refractivity contribution >= 4 is 0 Å². The third-order valence-electron chi connectivity index (χ3n) is 3.01. The van der Waals surface area contributed by atoms with E-state index in [0.717, 1.165) is 25.2 Å². The molecule has 1 aliphatic carbocycles. The smallest absolute Gasteiger partial charge is 0.165 e. The first-order valence-electron chi connectivity index (χ1n) is 6.34. The molecular weight excluding hydrogens is 218 g/mol. The Morgan fingerprint density at radius 1 is 1.53 bits per heavy atom. The summed E-state index contributed by atoms with van der Waals surface area (Å²) < 4.78 is 7.14. The molecule has 96 valence electrons. The first kappa shape index (κ1) is 12.4. The zero-order valence-electron chi connectivity index (χ0n) is 10.6. The van der Waals surface area contributed by atoms with Crippen molar-refractivity contribution in [2.75, 3.05) is 13.7 Å². The van der Waals surface area contributed by atoms with Gasteiger partial charge in [-0.1, -0.05) is 13.3 Å². The summed E-state index contributed by atoms with van der Waals surface area (Å²) in [4.78, 5) is 0. The first-order valence-corrected chi connectivity index (χ1v) is 6.34. The van der Waals surface area contributed by atoms with Crippen molar-refractivity contribution in [3.63, 3.8) is 0 Å². The Bertz CT molecular complexity index is 330. The molecular formula is C11H21N5O. The number of tetrazole rings is 1. The summed E-state index contributed by atoms with van der Waals surface area (Å²) in [5.74, 6) is 0.910. The van der Waals surface area contributed by atoms with Crippen LogP contribution in [0.5, 0.6) is 0 Å². The number of ether oxygens (including phenoxy) is 1. The number of rotatable bonds is 8. The molecule has 0 saturated heterocycles. The second-order valence-electron chi connectivity index (χ2n) is 4.59. The molecule has 0 bridgehead atoms. The van der Waals surface area contributed by atoms with Gasteiger partial charge in [-0.25, -0.2) is 4.68 Å². The largest absolute Gasteiger partial charge is 0.382 e. The SMILES string of the molecule is CCCC(COC)n1nnnc1CNC1CC1. The fourth-order valence-electron chi connectivity index (χ4n) is 1.94. The Morgan fingerprint density at radius 2 is 2.35 bits per heavy atom. The van der Waals surface area contributed by atoms with E-state index < -0.39 is 0 Å². The lowest BCUT2D eigenvalue weighted by molar-refractivity contribution is 0.141. The van der Waals surface area contributed by atoms with Crippen LogP contribution in [0.4, 0.5) is 0 Å². The Labute approximate surface area is 102 Å². The third-order valence-corrected chi connectivity index (χ3v) is 3.01. The average Bonchev–Trinajstić information content (AvgIpc) is 3.04. The quantitative estimate of drug-likeness (QED) is 0.730. The normalized spacial score (nSPS) is 17.3. The van der Waals surface area contributed by atoms with Gasteiger partial charge in [0.15, 0.2) is 5.82 Å². The predicted octanol–water partition coefficient (Wildman–Crippen LogP) is 0.913. The summed E-state index contributed by atoms with van der Waals surface area (Å²) in [7, 11) is 1.72. The Kier molecular flexibility index (Phi) is 4.44. The van der Waals surface area contributed by atoms with E-state index in [9.17, 15) is 0 Å². The van der Waals surface area contributed by atoms with Crippen LogP contribution in [-0.4, -0.2) is 40.0 Å². The van der Waals surface area contributed by atoms with Gasteiger partial charge in [-0.15, -0.1) is 5.10 Å². The van der Waals surface area contributed by atoms with Crippen molar-refractivity contribution in [2.45, 2.75) is 51.2 Å². The van der Waals surface area contributed by atoms with Crippen LogP contribution < -0.4 is 5.32 Å². The van der Waals surface area contributed by atoms with Crippen molar-refractivity contribution in [1.29, 1.82) is 0 Å². The average molecular weight is 239 g/mol. The van der Waals surface area contributed by atoms with Gasteiger partial charge in [-0.3, -0.25) is 0 Å². The summed E-state index contributed by atoms with van der Waals surface area (Å²) >= 11 is 0. The van der Waals surface area contributed by atoms with Crippen LogP contribution in [0, 0.1) is 0 Å². The number of hydrogen-bond acceptors (Lipinski definition) is 5. The van der Waals surface area contributed by atoms with Crippen molar-refractivity contribution in [3.8, 4) is 0 Å². The van der Waals surface area contributed by atoms with Crippen molar-refractivity contribution < 1.29 is 4.74 Å². The van der Waals surface area contributed by atoms with E-state index in [0.29, 0.717) is 12.6 Å². The van der Waals surface area contributed by atoms with E-state index in [-0.39, 0.29) is 6.04 Å². The highest BCUT2D eigenvalue weighted by Crippen LogP contribution is 2.20. The minimum atomic E-state index is 0.246. The summed E-state index contributed by atoms with van der Waals surface area (Å²) in [6.07, 6.45) is 4.69. The standard InChI is InChI=1S/C11H21N5O/c1-3-4-10(8-17-2)16-11(13-14-15-16)7-12-9-5-6-9/h9-10,12H,3-8H2,1-2H3. The summed E-state index contributed by atoms with van der Waals surface area (Å²) in [5.41, 5.74) is 0. The van der Waals surface area contributed by atoms with E-state index in [1.54, 1.807) is 7.11 Å². The number of methoxy groups -OCH3 is 1. The van der Waals surface area contributed by atoms with Gasteiger partial charge in [0.05, 0.1) is 19.2 Å². The van der Waals surface area contributed by atoms with E-state index in [2.05, 4.69) is 27.8 Å². The van der Waals surface area contributed by atoms with E-state index >= 15 is 0 Å². The molecule has 1 aromatic heterocycles. The molecule has 1 fully saturated rings. The summed E-state index contributed by atoms with van der Waals surface area (Å²) in [6.45, 7) is 3.58. The van der Waals surface area contributed by atoms with Gasteiger partial charge in [-0.05, 0) is 29.7 Å². The summed E-state index contributed by atoms with van der Waals surface area (Å²) in [6, 6.07) is 0.920. The van der Waals surface area contributed by atoms with Crippen LogP contribution in [0.1, 0.15) is 44.5 Å². The molecule has 1 heterocycles. The highest BCUT2D eigenvalue weighted by molar-refractivity contribution is 4.88. The molecule has 1 atom stereocenters. The topological polar surface area (TPSA) is 64.9 Å². The fourth-order valence-corrected chi connectivity index (χ4v) is 1.94. The molecule has 1 aliphatic rings. The van der Waals surface area contributed by atoms with Crippen molar-refractivity contribution in [1.82, 2.24) is 25.5 Å². The van der Waals surface area contributed by atoms with Gasteiger partial charge in [0.1, 0.15) is 0 Å². The van der Waals surface area contributed by atoms with Crippen LogP contribution in [0.2, 0.25) is 0 Å². The molecule has 0 aliphatic heterocycles. The lowest BCUT2D eigenvalue weighted by Crippen LogP contribution is -2.23. The van der Waals surface area contributed by atoms with Gasteiger partial charge in [0.2, 0.25) is 0 Å². The summed E-state index contributed by atoms with van der Waals surface area (Å²) in [5, 5.41) is 15.4. The predicted molar refractivity (Wildman–Crippen MR) is 63.5 cm³/mol. The lowest BCUT2D eigenvalue weighted by Gasteiger charge is -2.16. The minimum Gasteiger partial charge on any atom is -0.382 e. The van der Waals surface area contributed by atoms with Crippen LogP contribution in [-0.2, 0) is 11.3 Å². The molecule has 0 aromatic carbocycles. The first-order chi connectivity index (χ1) is 8.35. The molecule has 0 radical (unpaired) electrons. The molecule has 0 spiro atoms. The van der Waals surface area contributed by atoms with Crippen molar-refractivity contribution in [3.05, 3.63) is 5.82 Å². The van der Waals surface area contributed by atoms with E-state index in [4.69, 9.17) is 4.74 Å². The Morgan fingerprint density at radius 3 is 3.00 bits per heavy atom.